The summed E-state index contributed by atoms with van der Waals surface area (Å²) >= 11 is 1.76. The molecule has 0 amide bonds. The molecule has 0 spiro atoms. The van der Waals surface area contributed by atoms with Gasteiger partial charge >= 0.3 is 0 Å². The quantitative estimate of drug-likeness (QED) is 0.572. The minimum absolute atomic E-state index is 0.627. The van der Waals surface area contributed by atoms with Gasteiger partial charge in [-0.25, -0.2) is 0 Å². The second-order valence-electron chi connectivity index (χ2n) is 3.48. The molecular weight excluding hydrogens is 206 g/mol. The van der Waals surface area contributed by atoms with Crippen LogP contribution in [0.15, 0.2) is 18.7 Å². The topological polar surface area (TPSA) is 35.2 Å². The Balaban J connectivity index is 2.30. The monoisotopic (exact) mass is 225 g/mol. The molecule has 3 heteroatoms. The first-order chi connectivity index (χ1) is 7.27. The lowest BCUT2D eigenvalue weighted by Gasteiger charge is -2.02. The number of allylic oxidation sites excluding steroid dienone is 1. The van der Waals surface area contributed by atoms with Crippen molar-refractivity contribution in [2.24, 2.45) is 5.73 Å². The van der Waals surface area contributed by atoms with Crippen LogP contribution in [-0.2, 0) is 17.9 Å². The lowest BCUT2D eigenvalue weighted by Crippen LogP contribution is -1.95. The molecule has 0 atom stereocenters. The van der Waals surface area contributed by atoms with E-state index in [2.05, 4.69) is 19.6 Å². The van der Waals surface area contributed by atoms with Gasteiger partial charge in [0.2, 0.25) is 0 Å². The molecule has 2 nitrogen and oxygen atoms in total. The number of rotatable bonds is 7. The third-order valence-corrected chi connectivity index (χ3v) is 3.34. The van der Waals surface area contributed by atoms with Gasteiger partial charge in [-0.15, -0.1) is 17.9 Å². The van der Waals surface area contributed by atoms with Crippen LogP contribution in [0, 0.1) is 6.92 Å². The number of hydrogen-bond donors (Lipinski definition) is 1. The summed E-state index contributed by atoms with van der Waals surface area (Å²) in [6.45, 7) is 7.93. The Labute approximate surface area is 95.8 Å². The van der Waals surface area contributed by atoms with Crippen molar-refractivity contribution in [2.45, 2.75) is 32.9 Å². The number of aryl methyl sites for hydroxylation is 1. The van der Waals surface area contributed by atoms with Crippen LogP contribution >= 0.6 is 11.3 Å². The van der Waals surface area contributed by atoms with E-state index in [9.17, 15) is 0 Å². The molecule has 0 saturated heterocycles. The van der Waals surface area contributed by atoms with E-state index in [-0.39, 0.29) is 0 Å². The maximum absolute atomic E-state index is 5.58. The Morgan fingerprint density at radius 3 is 3.00 bits per heavy atom. The van der Waals surface area contributed by atoms with Gasteiger partial charge in [-0.2, -0.15) is 0 Å². The number of thiophene rings is 1. The van der Waals surface area contributed by atoms with Gasteiger partial charge in [0, 0.05) is 22.9 Å². The number of hydrogen-bond acceptors (Lipinski definition) is 3. The fraction of sp³-hybridized carbons (Fsp3) is 0.500. The van der Waals surface area contributed by atoms with Crippen molar-refractivity contribution in [2.75, 3.05) is 6.61 Å². The van der Waals surface area contributed by atoms with Gasteiger partial charge in [-0.3, -0.25) is 0 Å². The molecule has 0 unspecified atom stereocenters. The lowest BCUT2D eigenvalue weighted by atomic mass is 10.2. The van der Waals surface area contributed by atoms with E-state index < -0.39 is 0 Å². The third-order valence-electron chi connectivity index (χ3n) is 2.23. The standard InChI is InChI=1S/C12H19NOS/c1-3-4-5-6-14-9-11-7-12(8-13)15-10(11)2/h3,7H,1,4-6,8-9,13H2,2H3. The van der Waals surface area contributed by atoms with Gasteiger partial charge in [0.25, 0.3) is 0 Å². The van der Waals surface area contributed by atoms with E-state index in [0.29, 0.717) is 13.2 Å². The van der Waals surface area contributed by atoms with Crippen molar-refractivity contribution in [1.82, 2.24) is 0 Å². The van der Waals surface area contributed by atoms with Crippen molar-refractivity contribution in [3.8, 4) is 0 Å². The first-order valence-electron chi connectivity index (χ1n) is 5.24. The molecule has 1 heterocycles. The maximum Gasteiger partial charge on any atom is 0.0727 e. The Kier molecular flexibility index (Phi) is 5.61. The van der Waals surface area contributed by atoms with Crippen molar-refractivity contribution in [1.29, 1.82) is 0 Å². The summed E-state index contributed by atoms with van der Waals surface area (Å²) in [5.41, 5.74) is 6.86. The van der Waals surface area contributed by atoms with E-state index in [1.54, 1.807) is 11.3 Å². The second kappa shape index (κ2) is 6.77. The van der Waals surface area contributed by atoms with E-state index in [0.717, 1.165) is 19.4 Å². The largest absolute Gasteiger partial charge is 0.377 e. The van der Waals surface area contributed by atoms with Crippen molar-refractivity contribution >= 4 is 11.3 Å². The molecule has 0 aliphatic carbocycles. The number of ether oxygens (including phenoxy) is 1. The zero-order chi connectivity index (χ0) is 11.1. The molecule has 15 heavy (non-hydrogen) atoms. The molecule has 0 aliphatic heterocycles. The molecule has 1 rings (SSSR count). The normalized spacial score (nSPS) is 10.5. The molecule has 2 N–H and O–H groups in total. The fourth-order valence-corrected chi connectivity index (χ4v) is 2.27. The van der Waals surface area contributed by atoms with Gasteiger partial charge in [-0.1, -0.05) is 6.08 Å². The van der Waals surface area contributed by atoms with E-state index >= 15 is 0 Å². The first-order valence-corrected chi connectivity index (χ1v) is 6.06. The highest BCUT2D eigenvalue weighted by atomic mass is 32.1. The zero-order valence-corrected chi connectivity index (χ0v) is 10.1. The van der Waals surface area contributed by atoms with Crippen LogP contribution < -0.4 is 5.73 Å². The van der Waals surface area contributed by atoms with E-state index in [1.807, 2.05) is 6.08 Å². The first kappa shape index (κ1) is 12.4. The average Bonchev–Trinajstić information content (AvgIpc) is 2.59. The molecular formula is C12H19NOS. The minimum Gasteiger partial charge on any atom is -0.377 e. The Hall–Kier alpha value is -0.640. The molecule has 0 aromatic carbocycles. The molecule has 0 bridgehead atoms. The van der Waals surface area contributed by atoms with Crippen LogP contribution in [0.4, 0.5) is 0 Å². The summed E-state index contributed by atoms with van der Waals surface area (Å²) in [5.74, 6) is 0. The molecule has 0 saturated carbocycles. The number of nitrogens with two attached hydrogens (primary N) is 1. The molecule has 1 aromatic heterocycles. The summed E-state index contributed by atoms with van der Waals surface area (Å²) in [5, 5.41) is 0. The van der Waals surface area contributed by atoms with Crippen molar-refractivity contribution in [3.63, 3.8) is 0 Å². The third kappa shape index (κ3) is 4.16. The smallest absolute Gasteiger partial charge is 0.0727 e. The highest BCUT2D eigenvalue weighted by Gasteiger charge is 2.03. The van der Waals surface area contributed by atoms with Gasteiger partial charge in [0.1, 0.15) is 0 Å². The van der Waals surface area contributed by atoms with Crippen LogP contribution in [0.5, 0.6) is 0 Å². The highest BCUT2D eigenvalue weighted by molar-refractivity contribution is 7.12. The van der Waals surface area contributed by atoms with Gasteiger partial charge in [0.15, 0.2) is 0 Å². The summed E-state index contributed by atoms with van der Waals surface area (Å²) in [7, 11) is 0. The van der Waals surface area contributed by atoms with Crippen LogP contribution in [0.3, 0.4) is 0 Å². The fourth-order valence-electron chi connectivity index (χ4n) is 1.34. The number of unbranched alkanes of at least 4 members (excludes halogenated alkanes) is 1. The Bertz CT molecular complexity index is 307. The van der Waals surface area contributed by atoms with Crippen molar-refractivity contribution < 1.29 is 4.74 Å². The maximum atomic E-state index is 5.58. The average molecular weight is 225 g/mol. The van der Waals surface area contributed by atoms with Gasteiger partial charge < -0.3 is 10.5 Å². The molecule has 84 valence electrons. The summed E-state index contributed by atoms with van der Waals surface area (Å²) in [6, 6.07) is 2.15. The minimum atomic E-state index is 0.627. The second-order valence-corrected chi connectivity index (χ2v) is 4.82. The van der Waals surface area contributed by atoms with Crippen LogP contribution in [0.1, 0.15) is 28.2 Å². The molecule has 1 aromatic rings. The van der Waals surface area contributed by atoms with Crippen LogP contribution in [-0.4, -0.2) is 6.61 Å². The van der Waals surface area contributed by atoms with Crippen LogP contribution in [0.2, 0.25) is 0 Å². The van der Waals surface area contributed by atoms with E-state index in [1.165, 1.54) is 15.3 Å². The molecule has 0 radical (unpaired) electrons. The SMILES string of the molecule is C=CCCCOCc1cc(CN)sc1C. The predicted octanol–water partition coefficient (Wildman–Crippen LogP) is 3.00. The van der Waals surface area contributed by atoms with E-state index in [4.69, 9.17) is 10.5 Å². The Morgan fingerprint density at radius 1 is 1.60 bits per heavy atom. The lowest BCUT2D eigenvalue weighted by molar-refractivity contribution is 0.119. The molecule has 0 aliphatic rings. The van der Waals surface area contributed by atoms with Crippen molar-refractivity contribution in [3.05, 3.63) is 34.0 Å². The highest BCUT2D eigenvalue weighted by Crippen LogP contribution is 2.21. The zero-order valence-electron chi connectivity index (χ0n) is 9.29. The van der Waals surface area contributed by atoms with Crippen LogP contribution in [0.25, 0.3) is 0 Å². The molecule has 0 fully saturated rings. The summed E-state index contributed by atoms with van der Waals surface area (Å²) in [6.07, 6.45) is 4.00. The Morgan fingerprint density at radius 2 is 2.40 bits per heavy atom. The summed E-state index contributed by atoms with van der Waals surface area (Å²) in [4.78, 5) is 2.55. The summed E-state index contributed by atoms with van der Waals surface area (Å²) < 4.78 is 5.58. The predicted molar refractivity (Wildman–Crippen MR) is 66.0 cm³/mol. The van der Waals surface area contributed by atoms with Gasteiger partial charge in [0.05, 0.1) is 6.61 Å². The van der Waals surface area contributed by atoms with Gasteiger partial charge in [-0.05, 0) is 31.4 Å².